The van der Waals surface area contributed by atoms with Crippen molar-refractivity contribution in [3.05, 3.63) is 0 Å². The lowest BCUT2D eigenvalue weighted by Crippen LogP contribution is -2.40. The molecule has 4 heteroatoms. The largest absolute Gasteiger partial charge is 0.390 e. The van der Waals surface area contributed by atoms with Gasteiger partial charge in [0.1, 0.15) is 6.10 Å². The first-order chi connectivity index (χ1) is 6.86. The lowest BCUT2D eigenvalue weighted by molar-refractivity contribution is -0.131. The maximum Gasteiger partial charge on any atom is 0.107 e. The summed E-state index contributed by atoms with van der Waals surface area (Å²) in [5.74, 6) is 0. The van der Waals surface area contributed by atoms with E-state index in [9.17, 15) is 5.11 Å². The Balaban J connectivity index is 1.67. The Kier molecular flexibility index (Phi) is 3.75. The molecule has 2 aliphatic rings. The van der Waals surface area contributed by atoms with E-state index in [0.29, 0.717) is 26.2 Å². The molecular weight excluding hydrogens is 184 g/mol. The van der Waals surface area contributed by atoms with Gasteiger partial charge in [0, 0.05) is 13.2 Å². The first-order valence-electron chi connectivity index (χ1n) is 5.35. The van der Waals surface area contributed by atoms with Crippen LogP contribution in [0.3, 0.4) is 0 Å². The van der Waals surface area contributed by atoms with Gasteiger partial charge in [-0.05, 0) is 19.3 Å². The van der Waals surface area contributed by atoms with Gasteiger partial charge in [-0.2, -0.15) is 0 Å². The molecule has 3 atom stereocenters. The van der Waals surface area contributed by atoms with E-state index in [4.69, 9.17) is 14.2 Å². The molecule has 0 radical (unpaired) electrons. The Morgan fingerprint density at radius 1 is 1.29 bits per heavy atom. The number of hydrogen-bond acceptors (Lipinski definition) is 4. The molecule has 0 amide bonds. The molecule has 0 bridgehead atoms. The zero-order valence-corrected chi connectivity index (χ0v) is 8.35. The van der Waals surface area contributed by atoms with Crippen molar-refractivity contribution in [1.82, 2.24) is 0 Å². The molecule has 0 saturated carbocycles. The van der Waals surface area contributed by atoms with Gasteiger partial charge in [0.15, 0.2) is 0 Å². The first-order valence-corrected chi connectivity index (χ1v) is 5.35. The van der Waals surface area contributed by atoms with Crippen LogP contribution in [0.1, 0.15) is 19.3 Å². The van der Waals surface area contributed by atoms with Crippen LogP contribution in [0.25, 0.3) is 0 Å². The van der Waals surface area contributed by atoms with Gasteiger partial charge in [-0.25, -0.2) is 0 Å². The third-order valence-corrected chi connectivity index (χ3v) is 2.79. The fourth-order valence-electron chi connectivity index (χ4n) is 1.87. The molecular formula is C10H18O4. The van der Waals surface area contributed by atoms with E-state index in [-0.39, 0.29) is 18.3 Å². The van der Waals surface area contributed by atoms with Gasteiger partial charge in [0.2, 0.25) is 0 Å². The Hall–Kier alpha value is -0.160. The molecule has 2 heterocycles. The molecule has 2 aliphatic heterocycles. The number of aliphatic hydroxyl groups excluding tert-OH is 1. The quantitative estimate of drug-likeness (QED) is 0.716. The summed E-state index contributed by atoms with van der Waals surface area (Å²) in [5, 5.41) is 9.60. The van der Waals surface area contributed by atoms with Crippen molar-refractivity contribution < 1.29 is 19.3 Å². The Morgan fingerprint density at radius 2 is 2.21 bits per heavy atom. The zero-order chi connectivity index (χ0) is 9.80. The molecule has 0 aromatic heterocycles. The van der Waals surface area contributed by atoms with Crippen LogP contribution >= 0.6 is 0 Å². The summed E-state index contributed by atoms with van der Waals surface area (Å²) in [6.07, 6.45) is 2.57. The topological polar surface area (TPSA) is 47.9 Å². The van der Waals surface area contributed by atoms with E-state index in [2.05, 4.69) is 0 Å². The summed E-state index contributed by atoms with van der Waals surface area (Å²) >= 11 is 0. The monoisotopic (exact) mass is 202 g/mol. The lowest BCUT2D eigenvalue weighted by atomic mass is 10.1. The van der Waals surface area contributed by atoms with Crippen LogP contribution in [0.5, 0.6) is 0 Å². The SMILES string of the molecule is OC1CCOCC1OCC1CCCO1. The number of aliphatic hydroxyl groups is 1. The van der Waals surface area contributed by atoms with Crippen molar-refractivity contribution in [2.45, 2.75) is 37.6 Å². The number of rotatable bonds is 3. The summed E-state index contributed by atoms with van der Waals surface area (Å²) in [5.41, 5.74) is 0. The maximum atomic E-state index is 9.60. The van der Waals surface area contributed by atoms with Crippen molar-refractivity contribution in [2.75, 3.05) is 26.4 Å². The Bertz CT molecular complexity index is 168. The molecule has 0 aromatic rings. The van der Waals surface area contributed by atoms with Crippen LogP contribution in [0.2, 0.25) is 0 Å². The molecule has 1 N–H and O–H groups in total. The molecule has 2 rings (SSSR count). The normalized spacial score (nSPS) is 38.8. The summed E-state index contributed by atoms with van der Waals surface area (Å²) in [6.45, 7) is 2.58. The van der Waals surface area contributed by atoms with Crippen LogP contribution in [-0.2, 0) is 14.2 Å². The average Bonchev–Trinajstić information content (AvgIpc) is 2.69. The fourth-order valence-corrected chi connectivity index (χ4v) is 1.87. The van der Waals surface area contributed by atoms with Gasteiger partial charge in [0.25, 0.3) is 0 Å². The number of ether oxygens (including phenoxy) is 3. The van der Waals surface area contributed by atoms with Crippen molar-refractivity contribution in [3.8, 4) is 0 Å². The third kappa shape index (κ3) is 2.67. The Morgan fingerprint density at radius 3 is 2.93 bits per heavy atom. The van der Waals surface area contributed by atoms with E-state index in [1.54, 1.807) is 0 Å². The van der Waals surface area contributed by atoms with E-state index >= 15 is 0 Å². The highest BCUT2D eigenvalue weighted by Crippen LogP contribution is 2.16. The second-order valence-electron chi connectivity index (χ2n) is 3.94. The highest BCUT2D eigenvalue weighted by Gasteiger charge is 2.26. The van der Waals surface area contributed by atoms with Gasteiger partial charge in [-0.1, -0.05) is 0 Å². The lowest BCUT2D eigenvalue weighted by Gasteiger charge is -2.28. The minimum absolute atomic E-state index is 0.159. The van der Waals surface area contributed by atoms with E-state index in [1.165, 1.54) is 0 Å². The zero-order valence-electron chi connectivity index (χ0n) is 8.35. The first kappa shape index (κ1) is 10.4. The van der Waals surface area contributed by atoms with Crippen LogP contribution in [0.15, 0.2) is 0 Å². The molecule has 2 saturated heterocycles. The third-order valence-electron chi connectivity index (χ3n) is 2.79. The molecule has 4 nitrogen and oxygen atoms in total. The molecule has 0 spiro atoms. The molecule has 0 aliphatic carbocycles. The minimum atomic E-state index is -0.370. The van der Waals surface area contributed by atoms with Crippen LogP contribution in [0.4, 0.5) is 0 Å². The standard InChI is InChI=1S/C10H18O4/c11-9-3-5-12-7-10(9)14-6-8-2-1-4-13-8/h8-11H,1-7H2. The van der Waals surface area contributed by atoms with Crippen LogP contribution in [-0.4, -0.2) is 49.8 Å². The second-order valence-corrected chi connectivity index (χ2v) is 3.94. The van der Waals surface area contributed by atoms with Gasteiger partial charge in [-0.15, -0.1) is 0 Å². The molecule has 2 fully saturated rings. The van der Waals surface area contributed by atoms with E-state index < -0.39 is 0 Å². The van der Waals surface area contributed by atoms with Crippen LogP contribution in [0, 0.1) is 0 Å². The molecule has 14 heavy (non-hydrogen) atoms. The summed E-state index contributed by atoms with van der Waals surface area (Å²) < 4.78 is 16.3. The summed E-state index contributed by atoms with van der Waals surface area (Å²) in [7, 11) is 0. The predicted molar refractivity (Wildman–Crippen MR) is 50.2 cm³/mol. The molecule has 82 valence electrons. The Labute approximate surface area is 84.1 Å². The number of hydrogen-bond donors (Lipinski definition) is 1. The van der Waals surface area contributed by atoms with E-state index in [0.717, 1.165) is 19.4 Å². The van der Waals surface area contributed by atoms with Gasteiger partial charge in [0.05, 0.1) is 25.4 Å². The van der Waals surface area contributed by atoms with Crippen LogP contribution < -0.4 is 0 Å². The molecule has 3 unspecified atom stereocenters. The van der Waals surface area contributed by atoms with E-state index in [1.807, 2.05) is 0 Å². The predicted octanol–water partition coefficient (Wildman–Crippen LogP) is 0.332. The fraction of sp³-hybridized carbons (Fsp3) is 1.00. The van der Waals surface area contributed by atoms with Gasteiger partial charge < -0.3 is 19.3 Å². The average molecular weight is 202 g/mol. The van der Waals surface area contributed by atoms with Crippen molar-refractivity contribution in [1.29, 1.82) is 0 Å². The van der Waals surface area contributed by atoms with Gasteiger partial charge >= 0.3 is 0 Å². The highest BCUT2D eigenvalue weighted by molar-refractivity contribution is 4.74. The van der Waals surface area contributed by atoms with Gasteiger partial charge in [-0.3, -0.25) is 0 Å². The van der Waals surface area contributed by atoms with Crippen molar-refractivity contribution in [2.24, 2.45) is 0 Å². The van der Waals surface area contributed by atoms with Crippen molar-refractivity contribution in [3.63, 3.8) is 0 Å². The minimum Gasteiger partial charge on any atom is -0.390 e. The highest BCUT2D eigenvalue weighted by atomic mass is 16.6. The molecule has 0 aromatic carbocycles. The maximum absolute atomic E-state index is 9.60. The smallest absolute Gasteiger partial charge is 0.107 e. The second kappa shape index (κ2) is 5.07. The van der Waals surface area contributed by atoms with Crippen molar-refractivity contribution >= 4 is 0 Å². The summed E-state index contributed by atoms with van der Waals surface area (Å²) in [4.78, 5) is 0. The summed E-state index contributed by atoms with van der Waals surface area (Å²) in [6, 6.07) is 0.